The Morgan fingerprint density at radius 1 is 1.08 bits per heavy atom. The van der Waals surface area contributed by atoms with Crippen LogP contribution in [0.1, 0.15) is 6.42 Å². The molecule has 0 aliphatic rings. The first-order valence-corrected chi connectivity index (χ1v) is 8.90. The third-order valence-electron chi connectivity index (χ3n) is 2.40. The predicted octanol–water partition coefficient (Wildman–Crippen LogP) is 1.78. The van der Waals surface area contributed by atoms with E-state index in [0.29, 0.717) is 6.61 Å². The summed E-state index contributed by atoms with van der Waals surface area (Å²) in [5.41, 5.74) is 0. The summed E-state index contributed by atoms with van der Waals surface area (Å²) < 4.78 is 0.959. The summed E-state index contributed by atoms with van der Waals surface area (Å²) in [5.74, 6) is 0. The number of aliphatic hydroxyl groups is 1. The van der Waals surface area contributed by atoms with Crippen LogP contribution < -0.4 is 0 Å². The van der Waals surface area contributed by atoms with Crippen LogP contribution in [0.5, 0.6) is 0 Å². The van der Waals surface area contributed by atoms with Gasteiger partial charge < -0.3 is 9.59 Å². The molecule has 0 aromatic heterocycles. The van der Waals surface area contributed by atoms with Crippen molar-refractivity contribution in [1.29, 1.82) is 0 Å². The van der Waals surface area contributed by atoms with E-state index >= 15 is 0 Å². The smallest absolute Gasteiger partial charge is 0.102 e. The van der Waals surface area contributed by atoms with E-state index in [1.54, 1.807) is 0 Å². The molecule has 0 amide bonds. The van der Waals surface area contributed by atoms with Crippen LogP contribution in [0.2, 0.25) is 25.7 Å². The van der Waals surface area contributed by atoms with Crippen molar-refractivity contribution in [3.8, 4) is 0 Å². The monoisotopic (exact) mass is 204 g/mol. The van der Waals surface area contributed by atoms with Gasteiger partial charge in [-0.05, 0) is 6.42 Å². The number of hydrogen-bond acceptors (Lipinski definition) is 1. The maximum absolute atomic E-state index is 8.85. The summed E-state index contributed by atoms with van der Waals surface area (Å²) >= 11 is 0. The van der Waals surface area contributed by atoms with E-state index in [1.807, 2.05) is 0 Å². The molecular weight excluding hydrogens is 178 g/mol. The molecule has 0 spiro atoms. The minimum Gasteiger partial charge on any atom is -0.391 e. The van der Waals surface area contributed by atoms with Gasteiger partial charge in [0.15, 0.2) is 0 Å². The van der Waals surface area contributed by atoms with Crippen LogP contribution in [0.25, 0.3) is 0 Å². The Labute approximate surface area is 84.2 Å². The van der Waals surface area contributed by atoms with E-state index in [9.17, 15) is 0 Å². The van der Waals surface area contributed by atoms with Crippen LogP contribution in [0.4, 0.5) is 0 Å². The second-order valence-electron chi connectivity index (χ2n) is 5.77. The zero-order valence-electron chi connectivity index (χ0n) is 9.93. The summed E-state index contributed by atoms with van der Waals surface area (Å²) in [7, 11) is 3.54. The molecule has 0 atom stereocenters. The van der Waals surface area contributed by atoms with E-state index in [-0.39, 0.29) is 0 Å². The average Bonchev–Trinajstić information content (AvgIpc) is 1.82. The van der Waals surface area contributed by atoms with E-state index in [1.165, 1.54) is 19.0 Å². The van der Waals surface area contributed by atoms with Crippen LogP contribution in [0, 0.1) is 0 Å². The van der Waals surface area contributed by atoms with E-state index < -0.39 is 8.07 Å². The molecule has 0 radical (unpaired) electrons. The predicted molar refractivity (Wildman–Crippen MR) is 61.7 cm³/mol. The quantitative estimate of drug-likeness (QED) is 0.516. The van der Waals surface area contributed by atoms with Gasteiger partial charge in [0.2, 0.25) is 0 Å². The highest BCUT2D eigenvalue weighted by atomic mass is 28.3. The van der Waals surface area contributed by atoms with Gasteiger partial charge in [0.05, 0.1) is 27.2 Å². The van der Waals surface area contributed by atoms with Crippen LogP contribution in [0.3, 0.4) is 0 Å². The Bertz CT molecular complexity index is 140. The molecule has 0 fully saturated rings. The van der Waals surface area contributed by atoms with Crippen LogP contribution >= 0.6 is 0 Å². The molecular formula is C10H26NOSi+. The molecule has 0 aromatic rings. The van der Waals surface area contributed by atoms with Gasteiger partial charge in [0.25, 0.3) is 0 Å². The van der Waals surface area contributed by atoms with Crippen molar-refractivity contribution in [2.75, 3.05) is 33.8 Å². The minimum absolute atomic E-state index is 0.306. The van der Waals surface area contributed by atoms with Crippen molar-refractivity contribution >= 4 is 8.07 Å². The van der Waals surface area contributed by atoms with Crippen molar-refractivity contribution in [3.05, 3.63) is 0 Å². The highest BCUT2D eigenvalue weighted by molar-refractivity contribution is 6.76. The number of nitrogens with zero attached hydrogens (tertiary/aromatic N) is 1. The molecule has 80 valence electrons. The average molecular weight is 204 g/mol. The Hall–Kier alpha value is 0.137. The van der Waals surface area contributed by atoms with Crippen molar-refractivity contribution in [1.82, 2.24) is 0 Å². The molecule has 2 nitrogen and oxygen atoms in total. The lowest BCUT2D eigenvalue weighted by Gasteiger charge is -2.30. The fourth-order valence-corrected chi connectivity index (χ4v) is 2.64. The largest absolute Gasteiger partial charge is 0.391 e. The topological polar surface area (TPSA) is 20.2 Å². The van der Waals surface area contributed by atoms with Crippen LogP contribution in [0.15, 0.2) is 0 Å². The first kappa shape index (κ1) is 13.1. The first-order chi connectivity index (χ1) is 5.77. The van der Waals surface area contributed by atoms with Gasteiger partial charge in [-0.25, -0.2) is 0 Å². The lowest BCUT2D eigenvalue weighted by molar-refractivity contribution is -0.890. The summed E-state index contributed by atoms with van der Waals surface area (Å²) in [6.45, 7) is 9.63. The number of rotatable bonds is 6. The van der Waals surface area contributed by atoms with E-state index in [0.717, 1.165) is 11.0 Å². The number of hydrogen-bond donors (Lipinski definition) is 1. The van der Waals surface area contributed by atoms with Gasteiger partial charge in [0.1, 0.15) is 6.54 Å². The third-order valence-corrected chi connectivity index (χ3v) is 4.25. The van der Waals surface area contributed by atoms with Gasteiger partial charge in [-0.2, -0.15) is 0 Å². The number of quaternary nitrogens is 1. The molecule has 0 aromatic carbocycles. The highest BCUT2D eigenvalue weighted by Crippen LogP contribution is 2.12. The molecule has 0 heterocycles. The molecule has 0 bridgehead atoms. The second kappa shape index (κ2) is 5.13. The number of aliphatic hydroxyl groups excluding tert-OH is 1. The fraction of sp³-hybridized carbons (Fsp3) is 1.00. The lowest BCUT2D eigenvalue weighted by Crippen LogP contribution is -2.43. The van der Waals surface area contributed by atoms with Gasteiger partial charge in [-0.1, -0.05) is 25.7 Å². The molecule has 0 aliphatic heterocycles. The van der Waals surface area contributed by atoms with Gasteiger partial charge in [-0.3, -0.25) is 0 Å². The SMILES string of the molecule is C[N+](C)(CCO)CCC[Si](C)(C)C. The van der Waals surface area contributed by atoms with Crippen molar-refractivity contribution in [2.24, 2.45) is 0 Å². The minimum atomic E-state index is -0.852. The normalized spacial score (nSPS) is 13.4. The Morgan fingerprint density at radius 3 is 2.00 bits per heavy atom. The van der Waals surface area contributed by atoms with Gasteiger partial charge in [-0.15, -0.1) is 0 Å². The maximum atomic E-state index is 8.85. The fourth-order valence-electron chi connectivity index (χ4n) is 1.42. The molecule has 1 N–H and O–H groups in total. The molecule has 0 unspecified atom stereocenters. The Morgan fingerprint density at radius 2 is 1.62 bits per heavy atom. The van der Waals surface area contributed by atoms with Crippen molar-refractivity contribution in [3.63, 3.8) is 0 Å². The Kier molecular flexibility index (Phi) is 5.18. The second-order valence-corrected chi connectivity index (χ2v) is 11.4. The first-order valence-electron chi connectivity index (χ1n) is 5.20. The van der Waals surface area contributed by atoms with Crippen molar-refractivity contribution in [2.45, 2.75) is 32.1 Å². The highest BCUT2D eigenvalue weighted by Gasteiger charge is 2.17. The summed E-state index contributed by atoms with van der Waals surface area (Å²) in [4.78, 5) is 0. The summed E-state index contributed by atoms with van der Waals surface area (Å²) in [6.07, 6.45) is 1.31. The van der Waals surface area contributed by atoms with Gasteiger partial charge in [0, 0.05) is 8.07 Å². The van der Waals surface area contributed by atoms with E-state index in [2.05, 4.69) is 33.7 Å². The zero-order valence-corrected chi connectivity index (χ0v) is 10.9. The van der Waals surface area contributed by atoms with Crippen LogP contribution in [-0.4, -0.2) is 51.5 Å². The lowest BCUT2D eigenvalue weighted by atomic mass is 10.4. The molecule has 0 saturated carbocycles. The van der Waals surface area contributed by atoms with Crippen LogP contribution in [-0.2, 0) is 0 Å². The number of likely N-dealkylation sites (N-methyl/N-ethyl adjacent to an activating group) is 1. The maximum Gasteiger partial charge on any atom is 0.102 e. The molecule has 3 heteroatoms. The summed E-state index contributed by atoms with van der Waals surface area (Å²) in [5, 5.41) is 8.85. The Balaban J connectivity index is 3.63. The van der Waals surface area contributed by atoms with E-state index in [4.69, 9.17) is 5.11 Å². The zero-order chi connectivity index (χ0) is 10.5. The molecule has 0 aliphatic carbocycles. The third kappa shape index (κ3) is 8.47. The van der Waals surface area contributed by atoms with Crippen molar-refractivity contribution < 1.29 is 9.59 Å². The standard InChI is InChI=1S/C10H26NOSi/c1-11(2,8-9-12)7-6-10-13(3,4)5/h12H,6-10H2,1-5H3/q+1. The molecule has 13 heavy (non-hydrogen) atoms. The molecule has 0 saturated heterocycles. The summed E-state index contributed by atoms with van der Waals surface area (Å²) in [6, 6.07) is 1.40. The van der Waals surface area contributed by atoms with Gasteiger partial charge >= 0.3 is 0 Å². The molecule has 0 rings (SSSR count).